The summed E-state index contributed by atoms with van der Waals surface area (Å²) in [4.78, 5) is 54.3. The van der Waals surface area contributed by atoms with Crippen LogP contribution in [0, 0.1) is 11.6 Å². The van der Waals surface area contributed by atoms with Crippen LogP contribution in [0.15, 0.2) is 60.7 Å². The number of likely N-dealkylation sites (tertiary alicyclic amines) is 2. The van der Waals surface area contributed by atoms with Crippen molar-refractivity contribution in [3.8, 4) is 0 Å². The van der Waals surface area contributed by atoms with Crippen molar-refractivity contribution in [1.29, 1.82) is 0 Å². The highest BCUT2D eigenvalue weighted by Crippen LogP contribution is 2.46. The van der Waals surface area contributed by atoms with Crippen LogP contribution in [0.25, 0.3) is 0 Å². The fraction of sp³-hybridized carbons (Fsp3) is 0.517. The molecule has 14 nitrogen and oxygen atoms in total. The molecule has 2 amide bonds. The molecule has 4 aromatic carbocycles. The third-order valence-electron chi connectivity index (χ3n) is 16.1. The summed E-state index contributed by atoms with van der Waals surface area (Å²) in [5.74, 6) is -5.32. The van der Waals surface area contributed by atoms with E-state index in [0.29, 0.717) is 36.8 Å². The van der Waals surface area contributed by atoms with Crippen LogP contribution in [0.1, 0.15) is 143 Å². The summed E-state index contributed by atoms with van der Waals surface area (Å²) in [6.45, 7) is 3.14. The minimum absolute atomic E-state index is 0.0248. The number of nitrogens with zero attached hydrogens (tertiary/aromatic N) is 4. The van der Waals surface area contributed by atoms with E-state index in [-0.39, 0.29) is 119 Å². The second kappa shape index (κ2) is 26.2. The van der Waals surface area contributed by atoms with Crippen LogP contribution in [0.5, 0.6) is 0 Å². The normalized spacial score (nSPS) is 22.9. The van der Waals surface area contributed by atoms with Crippen LogP contribution in [-0.4, -0.2) is 142 Å². The Balaban J connectivity index is 0.000000202. The standard InChI is InChI=1S/2C29H30Cl2F4N2O5/c2*1-15-25(28(39)40)37(14-42-15)27(38)23-12-22(16-2-3-16)18(10-24(23)32)13-41-21-4-6-36(7-5-21)26(29(33,34)35)17-8-19(30)11-20(31)9-17/h2*8-12,15-16,21,25-26H,2-7,13-14H2,1H3,(H,39,40)/t15-,25+,26+;15-,25+,26-/m11/s1. The van der Waals surface area contributed by atoms with Crippen molar-refractivity contribution < 1.29 is 83.5 Å². The van der Waals surface area contributed by atoms with Gasteiger partial charge in [0.15, 0.2) is 12.1 Å². The van der Waals surface area contributed by atoms with Crippen molar-refractivity contribution in [2.75, 3.05) is 39.6 Å². The number of carboxylic acids is 2. The first-order chi connectivity index (χ1) is 39.7. The number of piperidine rings is 2. The van der Waals surface area contributed by atoms with Gasteiger partial charge < -0.3 is 29.2 Å². The van der Waals surface area contributed by atoms with Crippen molar-refractivity contribution >= 4 is 70.2 Å². The lowest BCUT2D eigenvalue weighted by atomic mass is 9.98. The van der Waals surface area contributed by atoms with Crippen molar-refractivity contribution in [3.05, 3.63) is 137 Å². The summed E-state index contributed by atoms with van der Waals surface area (Å²) in [5.41, 5.74) is 2.15. The molecular formula is C58H60Cl4F8N4O10. The lowest BCUT2D eigenvalue weighted by molar-refractivity contribution is -0.192. The Morgan fingerprint density at radius 2 is 0.857 bits per heavy atom. The fourth-order valence-corrected chi connectivity index (χ4v) is 12.8. The molecule has 2 saturated carbocycles. The molecule has 0 aromatic heterocycles. The van der Waals surface area contributed by atoms with Gasteiger partial charge in [0.1, 0.15) is 37.2 Å². The first kappa shape index (κ1) is 63.6. The Kier molecular flexibility index (Phi) is 19.9. The van der Waals surface area contributed by atoms with Gasteiger partial charge >= 0.3 is 24.3 Å². The quantitative estimate of drug-likeness (QED) is 0.102. The summed E-state index contributed by atoms with van der Waals surface area (Å²) in [6, 6.07) is 7.14. The number of carbonyl (C=O) groups excluding carboxylic acids is 2. The average molecular weight is 1270 g/mol. The number of hydrogen-bond donors (Lipinski definition) is 2. The van der Waals surface area contributed by atoms with E-state index in [1.807, 2.05) is 0 Å². The summed E-state index contributed by atoms with van der Waals surface area (Å²) >= 11 is 23.9. The number of carboxylic acid groups (broad SMARTS) is 2. The number of benzene rings is 4. The number of ether oxygens (including phenoxy) is 4. The van der Waals surface area contributed by atoms with Crippen molar-refractivity contribution in [1.82, 2.24) is 19.6 Å². The van der Waals surface area contributed by atoms with Crippen molar-refractivity contribution in [2.24, 2.45) is 0 Å². The fourth-order valence-electron chi connectivity index (χ4n) is 11.7. The predicted molar refractivity (Wildman–Crippen MR) is 292 cm³/mol. The molecule has 6 aliphatic rings. The van der Waals surface area contributed by atoms with E-state index < -0.39 is 84.1 Å². The minimum Gasteiger partial charge on any atom is -0.480 e. The first-order valence-electron chi connectivity index (χ1n) is 27.4. The van der Waals surface area contributed by atoms with Gasteiger partial charge in [0.05, 0.1) is 48.8 Å². The molecular weight excluding hydrogens is 1210 g/mol. The highest BCUT2D eigenvalue weighted by Gasteiger charge is 2.48. The lowest BCUT2D eigenvalue weighted by Crippen LogP contribution is -2.44. The van der Waals surface area contributed by atoms with Crippen molar-refractivity contribution in [3.63, 3.8) is 0 Å². The molecule has 0 unspecified atom stereocenters. The average Bonchev–Trinajstić information content (AvgIpc) is 1.94. The Morgan fingerprint density at radius 1 is 0.536 bits per heavy atom. The van der Waals surface area contributed by atoms with E-state index in [2.05, 4.69) is 0 Å². The van der Waals surface area contributed by atoms with Gasteiger partial charge in [0.2, 0.25) is 0 Å². The van der Waals surface area contributed by atoms with Crippen molar-refractivity contribution in [2.45, 2.75) is 151 Å². The molecule has 0 bridgehead atoms. The molecule has 2 aliphatic carbocycles. The van der Waals surface area contributed by atoms with E-state index in [0.717, 1.165) is 46.6 Å². The molecule has 4 heterocycles. The minimum atomic E-state index is -4.54. The zero-order chi connectivity index (χ0) is 60.7. The van der Waals surface area contributed by atoms with Crippen LogP contribution in [0.2, 0.25) is 20.1 Å². The summed E-state index contributed by atoms with van der Waals surface area (Å²) in [6.07, 6.45) is -6.44. The van der Waals surface area contributed by atoms with E-state index in [4.69, 9.17) is 65.4 Å². The Bertz CT molecular complexity index is 2860. The monoisotopic (exact) mass is 1260 g/mol. The molecule has 4 aromatic rings. The van der Waals surface area contributed by atoms with Gasteiger partial charge in [-0.05, 0) is 171 Å². The number of aliphatic carboxylic acids is 2. The molecule has 4 saturated heterocycles. The van der Waals surface area contributed by atoms with Gasteiger partial charge in [-0.1, -0.05) is 46.4 Å². The van der Waals surface area contributed by atoms with Crippen LogP contribution < -0.4 is 0 Å². The topological polar surface area (TPSA) is 159 Å². The number of alkyl halides is 6. The van der Waals surface area contributed by atoms with E-state index in [9.17, 15) is 55.7 Å². The largest absolute Gasteiger partial charge is 0.480 e. The molecule has 456 valence electrons. The molecule has 84 heavy (non-hydrogen) atoms. The van der Waals surface area contributed by atoms with Crippen LogP contribution in [-0.2, 0) is 41.8 Å². The molecule has 2 N–H and O–H groups in total. The van der Waals surface area contributed by atoms with Gasteiger partial charge in [-0.15, -0.1) is 0 Å². The molecule has 6 fully saturated rings. The van der Waals surface area contributed by atoms with Gasteiger partial charge in [0, 0.05) is 46.3 Å². The molecule has 10 rings (SSSR count). The number of amides is 2. The highest BCUT2D eigenvalue weighted by molar-refractivity contribution is 6.35. The van der Waals surface area contributed by atoms with Gasteiger partial charge in [0.25, 0.3) is 11.8 Å². The number of carbonyl (C=O) groups is 4. The lowest BCUT2D eigenvalue weighted by Gasteiger charge is -2.38. The van der Waals surface area contributed by atoms with Gasteiger partial charge in [-0.2, -0.15) is 26.3 Å². The van der Waals surface area contributed by atoms with E-state index in [1.165, 1.54) is 70.5 Å². The summed E-state index contributed by atoms with van der Waals surface area (Å²) < 4.78 is 138. The second-order valence-electron chi connectivity index (χ2n) is 22.1. The number of halogens is 12. The Hall–Kier alpha value is -4.88. The van der Waals surface area contributed by atoms with Crippen LogP contribution in [0.4, 0.5) is 35.1 Å². The van der Waals surface area contributed by atoms with Crippen LogP contribution >= 0.6 is 46.4 Å². The number of rotatable bonds is 16. The van der Waals surface area contributed by atoms with E-state index in [1.54, 1.807) is 13.8 Å². The third-order valence-corrected chi connectivity index (χ3v) is 17.0. The Morgan fingerprint density at radius 3 is 1.14 bits per heavy atom. The second-order valence-corrected chi connectivity index (χ2v) is 23.9. The highest BCUT2D eigenvalue weighted by atomic mass is 35.5. The molecule has 4 aliphatic heterocycles. The summed E-state index contributed by atoms with van der Waals surface area (Å²) in [5, 5.41) is 19.6. The zero-order valence-corrected chi connectivity index (χ0v) is 48.4. The molecule has 0 radical (unpaired) electrons. The Labute approximate surface area is 498 Å². The maximum Gasteiger partial charge on any atom is 0.408 e. The summed E-state index contributed by atoms with van der Waals surface area (Å²) in [7, 11) is 0. The first-order valence-corrected chi connectivity index (χ1v) is 28.9. The molecule has 26 heteroatoms. The van der Waals surface area contributed by atoms with E-state index >= 15 is 8.78 Å². The maximum atomic E-state index is 15.3. The van der Waals surface area contributed by atoms with Gasteiger partial charge in [-0.3, -0.25) is 29.2 Å². The zero-order valence-electron chi connectivity index (χ0n) is 45.3. The number of hydrogen-bond acceptors (Lipinski definition) is 10. The SMILES string of the molecule is C[C@H]1OCN(C(=O)c2cc(C3CC3)c(COC3CCN([C@@H](c4cc(Cl)cc(Cl)c4)C(F)(F)F)CC3)cc2F)[C@@H]1C(=O)O.C[C@H]1OCN(C(=O)c2cc(C3CC3)c(COC3CCN([C@H](c4cc(Cl)cc(Cl)c4)C(F)(F)F)CC3)cc2F)[C@@H]1C(=O)O. The molecule has 6 atom stereocenters. The third kappa shape index (κ3) is 14.9. The smallest absolute Gasteiger partial charge is 0.408 e. The molecule has 0 spiro atoms. The maximum absolute atomic E-state index is 15.3. The predicted octanol–water partition coefficient (Wildman–Crippen LogP) is 13.1. The van der Waals surface area contributed by atoms with Gasteiger partial charge in [-0.25, -0.2) is 18.4 Å². The van der Waals surface area contributed by atoms with Crippen LogP contribution in [0.3, 0.4) is 0 Å².